The van der Waals surface area contributed by atoms with Crippen molar-refractivity contribution in [1.82, 2.24) is 0 Å². The first kappa shape index (κ1) is 12.5. The van der Waals surface area contributed by atoms with Crippen LogP contribution in [0.15, 0.2) is 33.4 Å². The van der Waals surface area contributed by atoms with Crippen molar-refractivity contribution < 1.29 is 5.11 Å². The molecule has 2 heteroatoms. The van der Waals surface area contributed by atoms with E-state index in [2.05, 4.69) is 0 Å². The largest absolute Gasteiger partial charge is 0.388 e. The number of aliphatic hydroxyl groups excluding tert-OH is 1. The van der Waals surface area contributed by atoms with Crippen molar-refractivity contribution in [2.45, 2.75) is 40.7 Å². The van der Waals surface area contributed by atoms with Crippen molar-refractivity contribution in [1.29, 1.82) is 0 Å². The SMILES string of the molecule is CC(C)=C1C(Cl)=C[C@@H](C)[C@@H](O)C1=C(C)C. The molecule has 15 heavy (non-hydrogen) atoms. The molecule has 0 aromatic rings. The van der Waals surface area contributed by atoms with Gasteiger partial charge >= 0.3 is 0 Å². The first-order valence-electron chi connectivity index (χ1n) is 5.27. The fraction of sp³-hybridized carbons (Fsp3) is 0.538. The van der Waals surface area contributed by atoms with Gasteiger partial charge in [0.05, 0.1) is 6.10 Å². The Morgan fingerprint density at radius 2 is 1.73 bits per heavy atom. The summed E-state index contributed by atoms with van der Waals surface area (Å²) in [5, 5.41) is 10.9. The molecule has 0 fully saturated rings. The zero-order valence-electron chi connectivity index (χ0n) is 10.1. The van der Waals surface area contributed by atoms with Crippen LogP contribution >= 0.6 is 11.6 Å². The Kier molecular flexibility index (Phi) is 3.80. The molecule has 0 amide bonds. The summed E-state index contributed by atoms with van der Waals surface area (Å²) in [5.41, 5.74) is 4.30. The summed E-state index contributed by atoms with van der Waals surface area (Å²) in [6, 6.07) is 0. The van der Waals surface area contributed by atoms with Gasteiger partial charge in [-0.15, -0.1) is 0 Å². The van der Waals surface area contributed by atoms with Gasteiger partial charge in [-0.2, -0.15) is 0 Å². The van der Waals surface area contributed by atoms with E-state index in [-0.39, 0.29) is 5.92 Å². The summed E-state index contributed by atoms with van der Waals surface area (Å²) in [6.07, 6.45) is 1.50. The average Bonchev–Trinajstić information content (AvgIpc) is 2.09. The van der Waals surface area contributed by atoms with Gasteiger partial charge in [-0.25, -0.2) is 0 Å². The highest BCUT2D eigenvalue weighted by molar-refractivity contribution is 6.32. The van der Waals surface area contributed by atoms with Gasteiger partial charge in [0.1, 0.15) is 0 Å². The highest BCUT2D eigenvalue weighted by Gasteiger charge is 2.28. The zero-order valence-corrected chi connectivity index (χ0v) is 10.8. The molecule has 0 saturated carbocycles. The van der Waals surface area contributed by atoms with E-state index in [1.165, 1.54) is 0 Å². The molecule has 2 atom stereocenters. The van der Waals surface area contributed by atoms with E-state index in [0.29, 0.717) is 0 Å². The van der Waals surface area contributed by atoms with E-state index in [1.807, 2.05) is 40.7 Å². The van der Waals surface area contributed by atoms with E-state index in [9.17, 15) is 5.11 Å². The minimum atomic E-state index is -0.428. The molecule has 0 aliphatic heterocycles. The fourth-order valence-electron chi connectivity index (χ4n) is 2.00. The van der Waals surface area contributed by atoms with Crippen LogP contribution in [0.25, 0.3) is 0 Å². The first-order chi connectivity index (χ1) is 6.86. The number of aliphatic hydroxyl groups is 1. The van der Waals surface area contributed by atoms with Gasteiger partial charge in [0, 0.05) is 11.0 Å². The van der Waals surface area contributed by atoms with Crippen LogP contribution in [0.2, 0.25) is 0 Å². The molecule has 84 valence electrons. The van der Waals surface area contributed by atoms with Gasteiger partial charge < -0.3 is 5.11 Å². The molecule has 0 bridgehead atoms. The highest BCUT2D eigenvalue weighted by Crippen LogP contribution is 2.38. The summed E-state index contributed by atoms with van der Waals surface area (Å²) < 4.78 is 0. The van der Waals surface area contributed by atoms with Crippen LogP contribution in [0.3, 0.4) is 0 Å². The van der Waals surface area contributed by atoms with E-state index in [0.717, 1.165) is 27.3 Å². The molecule has 1 aliphatic rings. The van der Waals surface area contributed by atoms with Crippen LogP contribution in [-0.4, -0.2) is 11.2 Å². The standard InChI is InChI=1S/C13H19ClO/c1-7(2)11-10(14)6-9(5)13(15)12(11)8(3)4/h6,9,13,15H,1-5H3/t9-,13-/m1/s1. The molecule has 1 nitrogen and oxygen atoms in total. The highest BCUT2D eigenvalue weighted by atomic mass is 35.5. The molecule has 0 unspecified atom stereocenters. The molecular weight excluding hydrogens is 208 g/mol. The van der Waals surface area contributed by atoms with Crippen LogP contribution in [0, 0.1) is 5.92 Å². The third kappa shape index (κ3) is 2.35. The molecule has 0 radical (unpaired) electrons. The molecule has 0 spiro atoms. The Balaban J connectivity index is 3.43. The second kappa shape index (κ2) is 4.54. The Hall–Kier alpha value is -0.530. The normalized spacial score (nSPS) is 26.5. The maximum absolute atomic E-state index is 10.1. The first-order valence-corrected chi connectivity index (χ1v) is 5.65. The molecule has 1 N–H and O–H groups in total. The van der Waals surface area contributed by atoms with E-state index < -0.39 is 6.10 Å². The van der Waals surface area contributed by atoms with Crippen LogP contribution in [0.5, 0.6) is 0 Å². The molecule has 0 aromatic heterocycles. The predicted molar refractivity (Wildman–Crippen MR) is 65.9 cm³/mol. The van der Waals surface area contributed by atoms with Gasteiger partial charge in [0.2, 0.25) is 0 Å². The van der Waals surface area contributed by atoms with E-state index >= 15 is 0 Å². The number of hydrogen-bond acceptors (Lipinski definition) is 1. The summed E-state index contributed by atoms with van der Waals surface area (Å²) in [6.45, 7) is 10.1. The number of allylic oxidation sites excluding steroid dienone is 3. The third-order valence-corrected chi connectivity index (χ3v) is 3.06. The lowest BCUT2D eigenvalue weighted by Gasteiger charge is -2.29. The lowest BCUT2D eigenvalue weighted by Crippen LogP contribution is -2.25. The second-order valence-corrected chi connectivity index (χ2v) is 5.01. The van der Waals surface area contributed by atoms with Gasteiger partial charge in [-0.1, -0.05) is 35.7 Å². The van der Waals surface area contributed by atoms with Crippen molar-refractivity contribution in [2.75, 3.05) is 0 Å². The fourth-order valence-corrected chi connectivity index (χ4v) is 2.49. The van der Waals surface area contributed by atoms with Gasteiger partial charge in [-0.3, -0.25) is 0 Å². The number of hydrogen-bond donors (Lipinski definition) is 1. The summed E-state index contributed by atoms with van der Waals surface area (Å²) >= 11 is 6.23. The van der Waals surface area contributed by atoms with Crippen LogP contribution in [-0.2, 0) is 0 Å². The van der Waals surface area contributed by atoms with Crippen molar-refractivity contribution in [3.05, 3.63) is 33.4 Å². The molecule has 0 aromatic carbocycles. The van der Waals surface area contributed by atoms with Gasteiger partial charge in [0.15, 0.2) is 0 Å². The minimum Gasteiger partial charge on any atom is -0.388 e. The average molecular weight is 227 g/mol. The smallest absolute Gasteiger partial charge is 0.0856 e. The predicted octanol–water partition coefficient (Wildman–Crippen LogP) is 3.79. The molecule has 1 aliphatic carbocycles. The Labute approximate surface area is 97.1 Å². The van der Waals surface area contributed by atoms with Crippen molar-refractivity contribution >= 4 is 11.6 Å². The van der Waals surface area contributed by atoms with Crippen LogP contribution < -0.4 is 0 Å². The van der Waals surface area contributed by atoms with E-state index in [1.54, 1.807) is 0 Å². The Morgan fingerprint density at radius 3 is 2.13 bits per heavy atom. The van der Waals surface area contributed by atoms with Crippen molar-refractivity contribution in [3.8, 4) is 0 Å². The third-order valence-electron chi connectivity index (χ3n) is 2.75. The molecule has 0 heterocycles. The monoisotopic (exact) mass is 226 g/mol. The zero-order chi connectivity index (χ0) is 11.7. The molecule has 1 rings (SSSR count). The summed E-state index contributed by atoms with van der Waals surface area (Å²) in [7, 11) is 0. The molecular formula is C13H19ClO. The van der Waals surface area contributed by atoms with E-state index in [4.69, 9.17) is 11.6 Å². The molecule has 0 saturated heterocycles. The van der Waals surface area contributed by atoms with Crippen molar-refractivity contribution in [2.24, 2.45) is 5.92 Å². The summed E-state index contributed by atoms with van der Waals surface area (Å²) in [5.74, 6) is 0.0884. The Morgan fingerprint density at radius 1 is 1.20 bits per heavy atom. The maximum Gasteiger partial charge on any atom is 0.0856 e. The van der Waals surface area contributed by atoms with Crippen molar-refractivity contribution in [3.63, 3.8) is 0 Å². The number of halogens is 1. The van der Waals surface area contributed by atoms with Crippen LogP contribution in [0.1, 0.15) is 34.6 Å². The topological polar surface area (TPSA) is 20.2 Å². The summed E-state index contributed by atoms with van der Waals surface area (Å²) in [4.78, 5) is 0. The Bertz CT molecular complexity index is 353. The van der Waals surface area contributed by atoms with Gasteiger partial charge in [-0.05, 0) is 38.8 Å². The van der Waals surface area contributed by atoms with Gasteiger partial charge in [0.25, 0.3) is 0 Å². The number of rotatable bonds is 0. The maximum atomic E-state index is 10.1. The lowest BCUT2D eigenvalue weighted by molar-refractivity contribution is 0.171. The lowest BCUT2D eigenvalue weighted by atomic mass is 9.82. The van der Waals surface area contributed by atoms with Crippen LogP contribution in [0.4, 0.5) is 0 Å². The minimum absolute atomic E-state index is 0.0884. The second-order valence-electron chi connectivity index (χ2n) is 4.61. The quantitative estimate of drug-likeness (QED) is 0.666.